The number of halogens is 1. The summed E-state index contributed by atoms with van der Waals surface area (Å²) in [6.45, 7) is 4.16. The zero-order valence-electron chi connectivity index (χ0n) is 6.23. The molecule has 1 atom stereocenters. The molecule has 1 fully saturated rings. The summed E-state index contributed by atoms with van der Waals surface area (Å²) >= 11 is 0. The number of rotatable bonds is 3. The fraction of sp³-hybridized carbons (Fsp3) is 1.00. The average molecular weight is 130 g/mol. The van der Waals surface area contributed by atoms with Crippen molar-refractivity contribution >= 4 is 0 Å². The Balaban J connectivity index is 2.10. The van der Waals surface area contributed by atoms with Gasteiger partial charge in [-0.2, -0.15) is 0 Å². The average Bonchev–Trinajstić information content (AvgIpc) is 2.40. The van der Waals surface area contributed by atoms with Gasteiger partial charge in [0, 0.05) is 0 Å². The van der Waals surface area contributed by atoms with Crippen LogP contribution in [0.3, 0.4) is 0 Å². The fourth-order valence-corrected chi connectivity index (χ4v) is 1.10. The van der Waals surface area contributed by atoms with Crippen molar-refractivity contribution in [2.75, 3.05) is 0 Å². The van der Waals surface area contributed by atoms with Crippen LogP contribution in [0.5, 0.6) is 0 Å². The Kier molecular flexibility index (Phi) is 2.09. The van der Waals surface area contributed by atoms with Crippen molar-refractivity contribution in [2.45, 2.75) is 39.3 Å². The Hall–Kier alpha value is -0.0700. The highest BCUT2D eigenvalue weighted by molar-refractivity contribution is 4.81. The molecule has 0 bridgehead atoms. The Morgan fingerprint density at radius 1 is 1.44 bits per heavy atom. The lowest BCUT2D eigenvalue weighted by Gasteiger charge is -2.07. The van der Waals surface area contributed by atoms with Crippen LogP contribution < -0.4 is 0 Å². The van der Waals surface area contributed by atoms with Crippen LogP contribution in [0.25, 0.3) is 0 Å². The standard InChI is InChI=1S/C8H15F/c1-6(2)5-8(9)7-3-4-7/h6-8H,3-5H2,1-2H3. The first kappa shape index (κ1) is 7.04. The lowest BCUT2D eigenvalue weighted by molar-refractivity contribution is 0.252. The van der Waals surface area contributed by atoms with E-state index in [0.717, 1.165) is 19.3 Å². The molecule has 0 heterocycles. The fourth-order valence-electron chi connectivity index (χ4n) is 1.10. The predicted molar refractivity (Wildman–Crippen MR) is 37.1 cm³/mol. The van der Waals surface area contributed by atoms with Gasteiger partial charge >= 0.3 is 0 Å². The highest BCUT2D eigenvalue weighted by Gasteiger charge is 2.31. The normalized spacial score (nSPS) is 22.7. The third-order valence-electron chi connectivity index (χ3n) is 1.83. The molecule has 0 nitrogen and oxygen atoms in total. The van der Waals surface area contributed by atoms with Crippen LogP contribution in [-0.4, -0.2) is 6.17 Å². The van der Waals surface area contributed by atoms with E-state index in [-0.39, 0.29) is 0 Å². The van der Waals surface area contributed by atoms with E-state index in [1.165, 1.54) is 0 Å². The van der Waals surface area contributed by atoms with Crippen molar-refractivity contribution in [3.05, 3.63) is 0 Å². The van der Waals surface area contributed by atoms with Crippen LogP contribution in [0.2, 0.25) is 0 Å². The molecule has 0 N–H and O–H groups in total. The van der Waals surface area contributed by atoms with E-state index in [4.69, 9.17) is 0 Å². The van der Waals surface area contributed by atoms with E-state index in [9.17, 15) is 4.39 Å². The zero-order valence-corrected chi connectivity index (χ0v) is 6.23. The summed E-state index contributed by atoms with van der Waals surface area (Å²) in [4.78, 5) is 0. The lowest BCUT2D eigenvalue weighted by Crippen LogP contribution is -2.06. The molecule has 0 aromatic heterocycles. The summed E-state index contributed by atoms with van der Waals surface area (Å²) in [5.41, 5.74) is 0. The van der Waals surface area contributed by atoms with Gasteiger partial charge in [0.2, 0.25) is 0 Å². The molecule has 0 spiro atoms. The minimum absolute atomic E-state index is 0.437. The van der Waals surface area contributed by atoms with E-state index >= 15 is 0 Å². The predicted octanol–water partition coefficient (Wildman–Crippen LogP) is 2.78. The van der Waals surface area contributed by atoms with Gasteiger partial charge in [-0.15, -0.1) is 0 Å². The third kappa shape index (κ3) is 2.33. The van der Waals surface area contributed by atoms with Gasteiger partial charge in [0.15, 0.2) is 0 Å². The molecule has 0 aromatic carbocycles. The van der Waals surface area contributed by atoms with Crippen molar-refractivity contribution in [1.82, 2.24) is 0 Å². The minimum Gasteiger partial charge on any atom is -0.247 e. The van der Waals surface area contributed by atoms with Crippen LogP contribution in [0, 0.1) is 11.8 Å². The summed E-state index contributed by atoms with van der Waals surface area (Å²) in [6, 6.07) is 0. The molecule has 0 radical (unpaired) electrons. The summed E-state index contributed by atoms with van der Waals surface area (Å²) in [5.74, 6) is 0.966. The first-order valence-corrected chi connectivity index (χ1v) is 3.84. The van der Waals surface area contributed by atoms with Gasteiger partial charge in [-0.05, 0) is 31.1 Å². The Morgan fingerprint density at radius 3 is 2.33 bits per heavy atom. The molecule has 0 amide bonds. The molecule has 1 rings (SSSR count). The van der Waals surface area contributed by atoms with Gasteiger partial charge in [-0.1, -0.05) is 13.8 Å². The molecular weight excluding hydrogens is 115 g/mol. The molecule has 0 saturated heterocycles. The second-order valence-corrected chi connectivity index (χ2v) is 3.48. The van der Waals surface area contributed by atoms with Crippen LogP contribution in [0.1, 0.15) is 33.1 Å². The molecule has 0 aliphatic heterocycles. The summed E-state index contributed by atoms with van der Waals surface area (Å²) < 4.78 is 12.8. The maximum Gasteiger partial charge on any atom is 0.103 e. The van der Waals surface area contributed by atoms with Crippen molar-refractivity contribution in [1.29, 1.82) is 0 Å². The highest BCUT2D eigenvalue weighted by Crippen LogP contribution is 2.36. The Bertz CT molecular complexity index is 84.6. The van der Waals surface area contributed by atoms with Gasteiger partial charge in [0.1, 0.15) is 6.17 Å². The first-order valence-electron chi connectivity index (χ1n) is 3.84. The van der Waals surface area contributed by atoms with Gasteiger partial charge in [0.05, 0.1) is 0 Å². The highest BCUT2D eigenvalue weighted by atomic mass is 19.1. The smallest absolute Gasteiger partial charge is 0.103 e. The van der Waals surface area contributed by atoms with Crippen LogP contribution in [0.4, 0.5) is 4.39 Å². The van der Waals surface area contributed by atoms with E-state index < -0.39 is 6.17 Å². The minimum atomic E-state index is -0.495. The van der Waals surface area contributed by atoms with Crippen molar-refractivity contribution in [3.63, 3.8) is 0 Å². The number of alkyl halides is 1. The first-order chi connectivity index (χ1) is 4.20. The molecule has 1 aliphatic rings. The van der Waals surface area contributed by atoms with Gasteiger partial charge < -0.3 is 0 Å². The number of hydrogen-bond acceptors (Lipinski definition) is 0. The second-order valence-electron chi connectivity index (χ2n) is 3.48. The van der Waals surface area contributed by atoms with Crippen LogP contribution >= 0.6 is 0 Å². The topological polar surface area (TPSA) is 0 Å². The maximum atomic E-state index is 12.8. The second kappa shape index (κ2) is 2.68. The molecular formula is C8H15F. The summed E-state index contributed by atoms with van der Waals surface area (Å²) in [7, 11) is 0. The van der Waals surface area contributed by atoms with E-state index in [0.29, 0.717) is 11.8 Å². The molecule has 54 valence electrons. The van der Waals surface area contributed by atoms with Crippen LogP contribution in [-0.2, 0) is 0 Å². The monoisotopic (exact) mass is 130 g/mol. The van der Waals surface area contributed by atoms with Crippen molar-refractivity contribution in [3.8, 4) is 0 Å². The lowest BCUT2D eigenvalue weighted by atomic mass is 10.0. The molecule has 9 heavy (non-hydrogen) atoms. The van der Waals surface area contributed by atoms with Gasteiger partial charge in [-0.25, -0.2) is 4.39 Å². The Morgan fingerprint density at radius 2 is 2.00 bits per heavy atom. The van der Waals surface area contributed by atoms with Crippen molar-refractivity contribution < 1.29 is 4.39 Å². The van der Waals surface area contributed by atoms with Gasteiger partial charge in [0.25, 0.3) is 0 Å². The van der Waals surface area contributed by atoms with Crippen molar-refractivity contribution in [2.24, 2.45) is 11.8 Å². The molecule has 1 saturated carbocycles. The summed E-state index contributed by atoms with van der Waals surface area (Å²) in [6.07, 6.45) is 2.54. The van der Waals surface area contributed by atoms with E-state index in [2.05, 4.69) is 13.8 Å². The summed E-state index contributed by atoms with van der Waals surface area (Å²) in [5, 5.41) is 0. The maximum absolute atomic E-state index is 12.8. The molecule has 0 aromatic rings. The quantitative estimate of drug-likeness (QED) is 0.551. The van der Waals surface area contributed by atoms with Gasteiger partial charge in [-0.3, -0.25) is 0 Å². The SMILES string of the molecule is CC(C)CC(F)C1CC1. The zero-order chi connectivity index (χ0) is 6.85. The third-order valence-corrected chi connectivity index (χ3v) is 1.83. The molecule has 1 unspecified atom stereocenters. The largest absolute Gasteiger partial charge is 0.247 e. The van der Waals surface area contributed by atoms with Crippen LogP contribution in [0.15, 0.2) is 0 Å². The molecule has 1 heteroatoms. The van der Waals surface area contributed by atoms with E-state index in [1.54, 1.807) is 0 Å². The Labute approximate surface area is 56.5 Å². The van der Waals surface area contributed by atoms with E-state index in [1.807, 2.05) is 0 Å². The molecule has 1 aliphatic carbocycles. The number of hydrogen-bond donors (Lipinski definition) is 0.